The fraction of sp³-hybridized carbons (Fsp3) is 0.537. The number of aliphatic hydroxyl groups excluding tert-OH is 5. The Hall–Kier alpha value is -4.19. The molecule has 0 radical (unpaired) electrons. The molecule has 4 saturated carbocycles. The minimum atomic E-state index is -2.31. The molecule has 16 atom stereocenters. The first kappa shape index (κ1) is 43.6. The highest BCUT2D eigenvalue weighted by Gasteiger charge is 2.81. The van der Waals surface area contributed by atoms with Crippen LogP contribution in [0.1, 0.15) is 83.2 Å². The number of aliphatic hydroxyl groups is 6. The quantitative estimate of drug-likeness (QED) is 0.144. The van der Waals surface area contributed by atoms with E-state index in [0.29, 0.717) is 31.4 Å². The van der Waals surface area contributed by atoms with Gasteiger partial charge in [0.2, 0.25) is 6.29 Å². The third kappa shape index (κ3) is 5.28. The van der Waals surface area contributed by atoms with Crippen LogP contribution in [0.5, 0.6) is 5.75 Å². The van der Waals surface area contributed by atoms with Crippen LogP contribution in [-0.2, 0) is 22.6 Å². The largest absolute Gasteiger partial charge is 0.511 e. The summed E-state index contributed by atoms with van der Waals surface area (Å²) in [6.07, 6.45) is 7.58. The molecule has 1 saturated heterocycles. The third-order valence-corrected chi connectivity index (χ3v) is 22.5. The summed E-state index contributed by atoms with van der Waals surface area (Å²) in [6.45, 7) is -0.254. The van der Waals surface area contributed by atoms with Gasteiger partial charge in [-0.1, -0.05) is 76.6 Å². The van der Waals surface area contributed by atoms with E-state index in [4.69, 9.17) is 9.47 Å². The van der Waals surface area contributed by atoms with Crippen molar-refractivity contribution in [2.45, 2.75) is 99.5 Å². The van der Waals surface area contributed by atoms with Crippen LogP contribution in [0, 0.1) is 57.7 Å². The fourth-order valence-corrected chi connectivity index (χ4v) is 20.4. The van der Waals surface area contributed by atoms with Gasteiger partial charge in [0.05, 0.1) is 30.1 Å². The normalized spacial score (nSPS) is 44.8. The molecule has 13 bridgehead atoms. The maximum absolute atomic E-state index is 15.7. The number of nitrogens with one attached hydrogen (secondary N) is 2. The summed E-state index contributed by atoms with van der Waals surface area (Å²) in [4.78, 5) is 44.2. The van der Waals surface area contributed by atoms with Crippen molar-refractivity contribution >= 4 is 39.4 Å². The van der Waals surface area contributed by atoms with Gasteiger partial charge >= 0.3 is 0 Å². The predicted molar refractivity (Wildman–Crippen MR) is 254 cm³/mol. The number of carbonyl (C=O) groups is 3. The van der Waals surface area contributed by atoms with Crippen LogP contribution in [0.25, 0.3) is 0 Å². The van der Waals surface area contributed by atoms with Crippen LogP contribution in [0.4, 0.5) is 0 Å². The molecule has 6 heterocycles. The highest BCUT2D eigenvalue weighted by atomic mass is 33.1. The van der Waals surface area contributed by atoms with Crippen molar-refractivity contribution < 1.29 is 54.5 Å². The van der Waals surface area contributed by atoms with Gasteiger partial charge in [-0.15, -0.1) is 0 Å². The summed E-state index contributed by atoms with van der Waals surface area (Å²) in [7, 11) is 2.99. The maximum Gasteiger partial charge on any atom is 0.229 e. The number of ether oxygens (including phenoxy) is 2. The van der Waals surface area contributed by atoms with E-state index < -0.39 is 76.0 Å². The van der Waals surface area contributed by atoms with Gasteiger partial charge in [0.1, 0.15) is 52.4 Å². The number of ketones is 2. The molecule has 3 spiro atoms. The Bertz CT molecular complexity index is 2860. The number of aldehydes is 1. The lowest BCUT2D eigenvalue weighted by Gasteiger charge is -2.67. The zero-order valence-electron chi connectivity index (χ0n) is 37.9. The SMILES string of the molecule is O=C[C@@H]1CCC[C@@]12C[C@@H]1C[C@@H]3C[C@@H]4C[C@]5(CO)O[C@H]6Oc7cccc8c7C(=O)[C@]7(CSS[C@@H]9CC%10=C[C@@H]2[C@@]1(C1=C3CNC(=C%101)N9)[C@@H]4[C@](O)([C@@H]5O)[C@H]6O)C(O)=CC(Cc1cccc(CO)c1)=C[C@@H]7C8=O. The van der Waals surface area contributed by atoms with Gasteiger partial charge in [-0.3, -0.25) is 9.59 Å². The molecule has 13 nitrogen and oxygen atoms in total. The van der Waals surface area contributed by atoms with Crippen molar-refractivity contribution in [3.63, 3.8) is 0 Å². The Kier molecular flexibility index (Phi) is 9.29. The van der Waals surface area contributed by atoms with Gasteiger partial charge in [-0.2, -0.15) is 0 Å². The molecule has 9 aliphatic carbocycles. The molecule has 5 fully saturated rings. The van der Waals surface area contributed by atoms with Crippen LogP contribution >= 0.6 is 21.6 Å². The monoisotopic (exact) mass is 972 g/mol. The molecule has 0 amide bonds. The van der Waals surface area contributed by atoms with Gasteiger partial charge in [0.25, 0.3) is 0 Å². The number of rotatable bonds is 5. The van der Waals surface area contributed by atoms with Gasteiger partial charge < -0.3 is 55.5 Å². The molecular weight excluding hydrogens is 917 g/mol. The summed E-state index contributed by atoms with van der Waals surface area (Å²) < 4.78 is 13.4. The molecule has 69 heavy (non-hydrogen) atoms. The Morgan fingerprint density at radius 3 is 2.68 bits per heavy atom. The lowest BCUT2D eigenvalue weighted by molar-refractivity contribution is -0.393. The fourth-order valence-electron chi connectivity index (χ4n) is 17.5. The van der Waals surface area contributed by atoms with E-state index in [-0.39, 0.29) is 76.4 Å². The molecule has 2 aromatic carbocycles. The van der Waals surface area contributed by atoms with Crippen LogP contribution in [0.3, 0.4) is 0 Å². The van der Waals surface area contributed by atoms with Crippen molar-refractivity contribution in [2.75, 3.05) is 18.9 Å². The van der Waals surface area contributed by atoms with Crippen LogP contribution in [-0.4, -0.2) is 102 Å². The lowest BCUT2D eigenvalue weighted by Crippen LogP contribution is -2.81. The van der Waals surface area contributed by atoms with Crippen molar-refractivity contribution in [3.05, 3.63) is 122 Å². The Labute approximate surface area is 407 Å². The number of carbonyl (C=O) groups excluding carboxylic acids is 3. The van der Waals surface area contributed by atoms with E-state index in [0.717, 1.165) is 60.2 Å². The predicted octanol–water partition coefficient (Wildman–Crippen LogP) is 5.14. The molecule has 0 aromatic heterocycles. The van der Waals surface area contributed by atoms with Crippen molar-refractivity contribution in [1.29, 1.82) is 0 Å². The average molecular weight is 973 g/mol. The zero-order chi connectivity index (χ0) is 47.1. The highest BCUT2D eigenvalue weighted by molar-refractivity contribution is 8.76. The molecule has 15 heteroatoms. The minimum absolute atomic E-state index is 0.0169. The summed E-state index contributed by atoms with van der Waals surface area (Å²) >= 11 is 0. The first-order valence-corrected chi connectivity index (χ1v) is 27.2. The van der Waals surface area contributed by atoms with E-state index in [9.17, 15) is 35.4 Å². The minimum Gasteiger partial charge on any atom is -0.511 e. The van der Waals surface area contributed by atoms with Crippen molar-refractivity contribution in [2.24, 2.45) is 57.7 Å². The van der Waals surface area contributed by atoms with Crippen molar-refractivity contribution in [3.8, 4) is 5.75 Å². The van der Waals surface area contributed by atoms with Crippen LogP contribution in [0.15, 0.2) is 100 Å². The topological polar surface area (TPSA) is 215 Å². The lowest BCUT2D eigenvalue weighted by atomic mass is 9.42. The van der Waals surface area contributed by atoms with E-state index >= 15 is 9.59 Å². The number of fused-ring (bicyclic) bond motifs is 1. The maximum atomic E-state index is 15.7. The number of Topliss-reactive ketones (excluding diaryl/α,β-unsaturated/α-hetero) is 2. The van der Waals surface area contributed by atoms with Gasteiger partial charge in [0.15, 0.2) is 11.6 Å². The first-order chi connectivity index (χ1) is 33.4. The molecule has 6 aliphatic heterocycles. The molecule has 2 aromatic rings. The van der Waals surface area contributed by atoms with E-state index in [1.54, 1.807) is 35.1 Å². The second-order valence-corrected chi connectivity index (χ2v) is 25.1. The number of benzene rings is 2. The Morgan fingerprint density at radius 1 is 1.01 bits per heavy atom. The average Bonchev–Trinajstić information content (AvgIpc) is 3.80. The Morgan fingerprint density at radius 2 is 1.86 bits per heavy atom. The van der Waals surface area contributed by atoms with E-state index in [1.807, 2.05) is 24.3 Å². The summed E-state index contributed by atoms with van der Waals surface area (Å²) in [6, 6.07) is 12.1. The third-order valence-electron chi connectivity index (χ3n) is 19.8. The molecule has 15 aliphatic rings. The van der Waals surface area contributed by atoms with E-state index in [2.05, 4.69) is 16.7 Å². The highest BCUT2D eigenvalue weighted by Crippen LogP contribution is 2.81. The van der Waals surface area contributed by atoms with Gasteiger partial charge in [0, 0.05) is 47.1 Å². The van der Waals surface area contributed by atoms with Crippen LogP contribution < -0.4 is 15.4 Å². The molecule has 0 unspecified atom stereocenters. The number of hydrogen-bond donors (Lipinski definition) is 8. The smallest absolute Gasteiger partial charge is 0.229 e. The van der Waals surface area contributed by atoms with Crippen molar-refractivity contribution in [1.82, 2.24) is 10.6 Å². The molecular formula is C54H56N2O11S2. The van der Waals surface area contributed by atoms with Gasteiger partial charge in [-0.25, -0.2) is 0 Å². The second-order valence-electron chi connectivity index (χ2n) is 22.5. The number of hydrogen-bond acceptors (Lipinski definition) is 15. The number of allylic oxidation sites excluding steroid dienone is 7. The summed E-state index contributed by atoms with van der Waals surface area (Å²) in [5.74, 6) is -2.77. The van der Waals surface area contributed by atoms with E-state index in [1.165, 1.54) is 34.3 Å². The zero-order valence-corrected chi connectivity index (χ0v) is 39.6. The standard InChI is InChI=1S/C54H56N2O11S2/c57-21-26-5-1-4-25(10-26)11-27-12-35-43(61)33-7-2-8-36-41(33)45(62)52(35,38(60)13-27)24-68-69-39-17-29-16-37-50(9-3-6-31(50)22-58)19-32-15-28-14-30-18-51(23-59)49(64)54(65,46(63)48(66-36)67-51)44(30)53(32,37)42-34(28)20-55-47(56-39)40(29)42/h1-2,4-5,7-8,10,12-13,16,22,28,30-32,35,37,39,44,46,48-49,55-57,59-60,63-65H,3,6,9,11,14-15,17-21,23-24H2/t28-,30+,31-,32-,35+,37-,39+,44+,46-,48+,49+,50+,51+,52-,53-,54+/m0/s1. The second kappa shape index (κ2) is 14.7. The van der Waals surface area contributed by atoms with Crippen LogP contribution in [0.2, 0.25) is 0 Å². The first-order valence-electron chi connectivity index (χ1n) is 24.9. The molecule has 360 valence electrons. The molecule has 8 N–H and O–H groups in total. The summed E-state index contributed by atoms with van der Waals surface area (Å²) in [5.41, 5.74) is -0.0620. The summed E-state index contributed by atoms with van der Waals surface area (Å²) in [5, 5.41) is 81.2. The number of dihydropyridines is 1. The Balaban J connectivity index is 0.975. The molecule has 17 rings (SSSR count). The van der Waals surface area contributed by atoms with Gasteiger partial charge in [-0.05, 0) is 120 Å².